The predicted molar refractivity (Wildman–Crippen MR) is 82.3 cm³/mol. The average Bonchev–Trinajstić information content (AvgIpc) is 2.91. The van der Waals surface area contributed by atoms with Crippen LogP contribution in [0.15, 0.2) is 60.7 Å². The molecular formula is C16H14N4O. The summed E-state index contributed by atoms with van der Waals surface area (Å²) < 4.78 is 0. The smallest absolute Gasteiger partial charge is 0.250 e. The number of carbonyl (C=O) groups is 1. The normalized spacial score (nSPS) is 10.5. The van der Waals surface area contributed by atoms with Crippen LogP contribution >= 0.6 is 0 Å². The molecule has 0 spiro atoms. The first-order valence-electron chi connectivity index (χ1n) is 6.53. The number of para-hydroxylation sites is 2. The molecule has 0 saturated carbocycles. The van der Waals surface area contributed by atoms with E-state index >= 15 is 0 Å². The summed E-state index contributed by atoms with van der Waals surface area (Å²) in [5, 5.41) is 11.7. The number of fused-ring (bicyclic) bond motifs is 1. The molecule has 1 amide bonds. The van der Waals surface area contributed by atoms with Crippen LogP contribution in [0.3, 0.4) is 0 Å². The average molecular weight is 278 g/mol. The van der Waals surface area contributed by atoms with Crippen LogP contribution in [0.5, 0.6) is 0 Å². The van der Waals surface area contributed by atoms with Crippen molar-refractivity contribution in [2.45, 2.75) is 6.92 Å². The summed E-state index contributed by atoms with van der Waals surface area (Å²) >= 11 is 0. The van der Waals surface area contributed by atoms with Crippen molar-refractivity contribution in [1.29, 1.82) is 0 Å². The van der Waals surface area contributed by atoms with Crippen molar-refractivity contribution in [3.63, 3.8) is 0 Å². The molecule has 0 aliphatic rings. The fourth-order valence-electron chi connectivity index (χ4n) is 1.95. The maximum atomic E-state index is 11.8. The molecule has 0 atom stereocenters. The van der Waals surface area contributed by atoms with Gasteiger partial charge in [0.05, 0.1) is 5.69 Å². The molecule has 0 radical (unpaired) electrons. The Morgan fingerprint density at radius 1 is 1.05 bits per heavy atom. The summed E-state index contributed by atoms with van der Waals surface area (Å²) in [6.45, 7) is 5.30. The molecule has 0 aliphatic carbocycles. The molecule has 0 aliphatic heterocycles. The molecular weight excluding hydrogens is 264 g/mol. The third-order valence-electron chi connectivity index (χ3n) is 3.04. The second kappa shape index (κ2) is 5.20. The van der Waals surface area contributed by atoms with E-state index in [-0.39, 0.29) is 5.91 Å². The maximum absolute atomic E-state index is 11.8. The Balaban J connectivity index is 2.05. The lowest BCUT2D eigenvalue weighted by atomic mass is 10.2. The molecule has 0 unspecified atom stereocenters. The number of nitrogens with zero attached hydrogens (tertiary/aromatic N) is 3. The molecule has 2 aromatic carbocycles. The topological polar surface area (TPSA) is 59.8 Å². The SMILES string of the molecule is C=C(C)C(=O)Nc1ccccc1-n1nc2ccccc2n1. The number of hydrogen-bond donors (Lipinski definition) is 1. The van der Waals surface area contributed by atoms with Gasteiger partial charge < -0.3 is 5.32 Å². The van der Waals surface area contributed by atoms with Gasteiger partial charge in [0.1, 0.15) is 16.7 Å². The van der Waals surface area contributed by atoms with E-state index in [4.69, 9.17) is 0 Å². The van der Waals surface area contributed by atoms with E-state index in [9.17, 15) is 4.79 Å². The maximum Gasteiger partial charge on any atom is 0.250 e. The third-order valence-corrected chi connectivity index (χ3v) is 3.04. The Morgan fingerprint density at radius 2 is 1.62 bits per heavy atom. The van der Waals surface area contributed by atoms with Crippen LogP contribution in [0.25, 0.3) is 16.7 Å². The standard InChI is InChI=1S/C16H14N4O/c1-11(2)16(21)17-14-9-5-6-10-15(14)20-18-12-7-3-4-8-13(12)19-20/h3-10H,1H2,2H3,(H,17,21). The Hall–Kier alpha value is -2.95. The Morgan fingerprint density at radius 3 is 2.24 bits per heavy atom. The van der Waals surface area contributed by atoms with Crippen molar-refractivity contribution in [2.24, 2.45) is 0 Å². The molecule has 21 heavy (non-hydrogen) atoms. The number of nitrogens with one attached hydrogen (secondary N) is 1. The lowest BCUT2D eigenvalue weighted by Gasteiger charge is -2.09. The minimum Gasteiger partial charge on any atom is -0.320 e. The minimum absolute atomic E-state index is 0.223. The molecule has 3 aromatic rings. The summed E-state index contributed by atoms with van der Waals surface area (Å²) in [5.41, 5.74) is 3.41. The fraction of sp³-hybridized carbons (Fsp3) is 0.0625. The summed E-state index contributed by atoms with van der Waals surface area (Å²) in [6, 6.07) is 15.0. The van der Waals surface area contributed by atoms with Crippen LogP contribution in [0.1, 0.15) is 6.92 Å². The molecule has 3 rings (SSSR count). The summed E-state index contributed by atoms with van der Waals surface area (Å²) in [7, 11) is 0. The lowest BCUT2D eigenvalue weighted by Crippen LogP contribution is -2.14. The van der Waals surface area contributed by atoms with E-state index < -0.39 is 0 Å². The summed E-state index contributed by atoms with van der Waals surface area (Å²) in [5.74, 6) is -0.223. The zero-order valence-electron chi connectivity index (χ0n) is 11.6. The Kier molecular flexibility index (Phi) is 3.23. The number of hydrogen-bond acceptors (Lipinski definition) is 3. The van der Waals surface area contributed by atoms with Gasteiger partial charge in [0.25, 0.3) is 5.91 Å². The zero-order valence-corrected chi connectivity index (χ0v) is 11.6. The van der Waals surface area contributed by atoms with Crippen molar-refractivity contribution in [2.75, 3.05) is 5.32 Å². The monoisotopic (exact) mass is 278 g/mol. The van der Waals surface area contributed by atoms with E-state index in [2.05, 4.69) is 22.1 Å². The first-order chi connectivity index (χ1) is 10.1. The van der Waals surface area contributed by atoms with Gasteiger partial charge in [-0.3, -0.25) is 4.79 Å². The first-order valence-corrected chi connectivity index (χ1v) is 6.53. The van der Waals surface area contributed by atoms with E-state index in [1.54, 1.807) is 6.92 Å². The van der Waals surface area contributed by atoms with Gasteiger partial charge in [-0.2, -0.15) is 0 Å². The third kappa shape index (κ3) is 2.53. The highest BCUT2D eigenvalue weighted by atomic mass is 16.1. The Labute approximate surface area is 121 Å². The molecule has 0 bridgehead atoms. The van der Waals surface area contributed by atoms with E-state index in [1.807, 2.05) is 48.5 Å². The van der Waals surface area contributed by atoms with Crippen LogP contribution in [0, 0.1) is 0 Å². The van der Waals surface area contributed by atoms with Crippen LogP contribution in [-0.4, -0.2) is 20.9 Å². The zero-order chi connectivity index (χ0) is 14.8. The van der Waals surface area contributed by atoms with Gasteiger partial charge in [-0.25, -0.2) is 0 Å². The quantitative estimate of drug-likeness (QED) is 0.749. The molecule has 104 valence electrons. The summed E-state index contributed by atoms with van der Waals surface area (Å²) in [6.07, 6.45) is 0. The number of benzene rings is 2. The van der Waals surface area contributed by atoms with Crippen molar-refractivity contribution in [3.8, 4) is 5.69 Å². The van der Waals surface area contributed by atoms with Crippen molar-refractivity contribution in [3.05, 3.63) is 60.7 Å². The van der Waals surface area contributed by atoms with Crippen molar-refractivity contribution < 1.29 is 4.79 Å². The van der Waals surface area contributed by atoms with Gasteiger partial charge in [-0.15, -0.1) is 15.0 Å². The van der Waals surface area contributed by atoms with Gasteiger partial charge >= 0.3 is 0 Å². The number of aromatic nitrogens is 3. The number of anilines is 1. The van der Waals surface area contributed by atoms with Crippen LogP contribution < -0.4 is 5.32 Å². The van der Waals surface area contributed by atoms with E-state index in [0.717, 1.165) is 11.0 Å². The lowest BCUT2D eigenvalue weighted by molar-refractivity contribution is -0.112. The van der Waals surface area contributed by atoms with Crippen LogP contribution in [0.2, 0.25) is 0 Å². The molecule has 1 N–H and O–H groups in total. The van der Waals surface area contributed by atoms with Crippen LogP contribution in [-0.2, 0) is 4.79 Å². The van der Waals surface area contributed by atoms with E-state index in [0.29, 0.717) is 16.9 Å². The molecule has 5 nitrogen and oxygen atoms in total. The number of amides is 1. The highest BCUT2D eigenvalue weighted by molar-refractivity contribution is 6.03. The van der Waals surface area contributed by atoms with Gasteiger partial charge in [-0.1, -0.05) is 30.8 Å². The van der Waals surface area contributed by atoms with Gasteiger partial charge in [0.15, 0.2) is 0 Å². The van der Waals surface area contributed by atoms with Gasteiger partial charge in [0, 0.05) is 5.57 Å². The molecule has 0 fully saturated rings. The molecule has 1 aromatic heterocycles. The minimum atomic E-state index is -0.223. The second-order valence-corrected chi connectivity index (χ2v) is 4.73. The van der Waals surface area contributed by atoms with E-state index in [1.165, 1.54) is 4.80 Å². The molecule has 0 saturated heterocycles. The Bertz CT molecular complexity index is 802. The van der Waals surface area contributed by atoms with Gasteiger partial charge in [-0.05, 0) is 31.2 Å². The largest absolute Gasteiger partial charge is 0.320 e. The highest BCUT2D eigenvalue weighted by Gasteiger charge is 2.11. The summed E-state index contributed by atoms with van der Waals surface area (Å²) in [4.78, 5) is 13.3. The second-order valence-electron chi connectivity index (χ2n) is 4.73. The molecule has 1 heterocycles. The first kappa shape index (κ1) is 13.1. The highest BCUT2D eigenvalue weighted by Crippen LogP contribution is 2.20. The molecule has 5 heteroatoms. The van der Waals surface area contributed by atoms with Crippen molar-refractivity contribution in [1.82, 2.24) is 15.0 Å². The number of rotatable bonds is 3. The van der Waals surface area contributed by atoms with Crippen LogP contribution in [0.4, 0.5) is 5.69 Å². The number of carbonyl (C=O) groups excluding carboxylic acids is 1. The van der Waals surface area contributed by atoms with Crippen molar-refractivity contribution >= 4 is 22.6 Å². The fourth-order valence-corrected chi connectivity index (χ4v) is 1.95. The van der Waals surface area contributed by atoms with Gasteiger partial charge in [0.2, 0.25) is 0 Å². The predicted octanol–water partition coefficient (Wildman–Crippen LogP) is 2.94.